The quantitative estimate of drug-likeness (QED) is 0.172. The highest BCUT2D eigenvalue weighted by Crippen LogP contribution is 2.26. The molecule has 3 atom stereocenters. The molecular formula is C17H31N3O4S. The van der Waals surface area contributed by atoms with Crippen LogP contribution in [0.25, 0.3) is 0 Å². The Morgan fingerprint density at radius 1 is 1.16 bits per heavy atom. The third-order valence-corrected chi connectivity index (χ3v) is 4.18. The van der Waals surface area contributed by atoms with Crippen molar-refractivity contribution in [2.24, 2.45) is 17.8 Å². The minimum atomic E-state index is -0.871. The van der Waals surface area contributed by atoms with E-state index in [0.29, 0.717) is 6.42 Å². The molecule has 3 amide bonds. The lowest BCUT2D eigenvalue weighted by Crippen LogP contribution is -2.57. The van der Waals surface area contributed by atoms with E-state index in [2.05, 4.69) is 29.8 Å². The number of likely N-dealkylation sites (N-methyl/N-ethyl adjacent to an activating group) is 1. The molecule has 0 aliphatic carbocycles. The molecule has 0 rings (SSSR count). The van der Waals surface area contributed by atoms with E-state index in [9.17, 15) is 14.4 Å². The number of nitrogens with one attached hydrogen (secondary N) is 3. The van der Waals surface area contributed by atoms with Gasteiger partial charge in [-0.25, -0.2) is 5.48 Å². The molecule has 144 valence electrons. The van der Waals surface area contributed by atoms with Crippen LogP contribution in [0.15, 0.2) is 12.7 Å². The van der Waals surface area contributed by atoms with E-state index in [1.807, 2.05) is 13.8 Å². The Bertz CT molecular complexity index is 489. The highest BCUT2D eigenvalue weighted by molar-refractivity contribution is 7.81. The average molecular weight is 374 g/mol. The molecule has 0 fully saturated rings. The third kappa shape index (κ3) is 7.48. The van der Waals surface area contributed by atoms with Gasteiger partial charge in [0.05, 0.1) is 11.8 Å². The number of carbonyl (C=O) groups is 3. The van der Waals surface area contributed by atoms with Crippen LogP contribution < -0.4 is 16.1 Å². The molecule has 0 aliphatic rings. The zero-order valence-electron chi connectivity index (χ0n) is 15.6. The maximum atomic E-state index is 12.9. The highest BCUT2D eigenvalue weighted by Gasteiger charge is 2.38. The molecule has 0 aromatic carbocycles. The van der Waals surface area contributed by atoms with Gasteiger partial charge in [-0.15, -0.1) is 6.58 Å². The summed E-state index contributed by atoms with van der Waals surface area (Å²) >= 11 is 4.40. The molecule has 0 aromatic heterocycles. The Hall–Kier alpha value is -1.54. The van der Waals surface area contributed by atoms with Gasteiger partial charge in [-0.3, -0.25) is 19.6 Å². The normalized spacial score (nSPS) is 15.0. The number of rotatable bonds is 10. The van der Waals surface area contributed by atoms with Crippen molar-refractivity contribution in [3.63, 3.8) is 0 Å². The fourth-order valence-electron chi connectivity index (χ4n) is 2.64. The van der Waals surface area contributed by atoms with Gasteiger partial charge in [0.2, 0.25) is 17.7 Å². The first-order valence-electron chi connectivity index (χ1n) is 8.28. The Kier molecular flexibility index (Phi) is 9.81. The molecule has 0 saturated carbocycles. The van der Waals surface area contributed by atoms with Crippen molar-refractivity contribution < 1.29 is 19.6 Å². The molecule has 1 unspecified atom stereocenters. The van der Waals surface area contributed by atoms with Crippen molar-refractivity contribution in [1.82, 2.24) is 16.1 Å². The van der Waals surface area contributed by atoms with Crippen LogP contribution in [0.4, 0.5) is 0 Å². The average Bonchev–Trinajstić information content (AvgIpc) is 2.52. The fraction of sp³-hybridized carbons (Fsp3) is 0.706. The Labute approximate surface area is 155 Å². The molecule has 0 bridgehead atoms. The van der Waals surface area contributed by atoms with Gasteiger partial charge in [0.1, 0.15) is 6.04 Å². The topological polar surface area (TPSA) is 108 Å². The van der Waals surface area contributed by atoms with Crippen LogP contribution in [0.3, 0.4) is 0 Å². The lowest BCUT2D eigenvalue weighted by molar-refractivity contribution is -0.141. The van der Waals surface area contributed by atoms with Crippen LogP contribution in [-0.2, 0) is 14.4 Å². The molecule has 0 radical (unpaired) electrons. The molecule has 0 saturated heterocycles. The number of allylic oxidation sites excluding steroid dienone is 1. The van der Waals surface area contributed by atoms with Crippen molar-refractivity contribution in [3.8, 4) is 0 Å². The smallest absolute Gasteiger partial charge is 0.247 e. The van der Waals surface area contributed by atoms with Crippen LogP contribution in [0.1, 0.15) is 40.5 Å². The Morgan fingerprint density at radius 2 is 1.72 bits per heavy atom. The third-order valence-electron chi connectivity index (χ3n) is 3.92. The summed E-state index contributed by atoms with van der Waals surface area (Å²) in [5.41, 5.74) is 1.61. The van der Waals surface area contributed by atoms with Crippen LogP contribution in [0, 0.1) is 17.8 Å². The maximum Gasteiger partial charge on any atom is 0.247 e. The van der Waals surface area contributed by atoms with Crippen LogP contribution in [0.2, 0.25) is 0 Å². The lowest BCUT2D eigenvalue weighted by atomic mass is 9.81. The van der Waals surface area contributed by atoms with E-state index >= 15 is 0 Å². The predicted octanol–water partition coefficient (Wildman–Crippen LogP) is 1.29. The molecule has 0 heterocycles. The lowest BCUT2D eigenvalue weighted by Gasteiger charge is -2.32. The molecule has 7 nitrogen and oxygen atoms in total. The highest BCUT2D eigenvalue weighted by atomic mass is 32.1. The second-order valence-corrected chi connectivity index (χ2v) is 8.21. The minimum Gasteiger partial charge on any atom is -0.357 e. The van der Waals surface area contributed by atoms with E-state index in [-0.39, 0.29) is 18.2 Å². The Balaban J connectivity index is 5.63. The molecule has 4 N–H and O–H groups in total. The maximum absolute atomic E-state index is 12.9. The number of amides is 3. The SMILES string of the molecule is C=CC[C@H](C(=O)NO)[C@@H](CC(C)C)C(=O)NC(C(=O)NC)C(C)(C)S. The number of carbonyl (C=O) groups excluding carboxylic acids is 3. The van der Waals surface area contributed by atoms with Crippen LogP contribution >= 0.6 is 12.6 Å². The molecule has 8 heteroatoms. The van der Waals surface area contributed by atoms with Crippen molar-refractivity contribution in [3.05, 3.63) is 12.7 Å². The molecule has 0 aromatic rings. The van der Waals surface area contributed by atoms with E-state index in [1.54, 1.807) is 19.3 Å². The summed E-state index contributed by atoms with van der Waals surface area (Å²) < 4.78 is -0.800. The summed E-state index contributed by atoms with van der Waals surface area (Å²) in [7, 11) is 1.48. The fourth-order valence-corrected chi connectivity index (χ4v) is 2.82. The van der Waals surface area contributed by atoms with Gasteiger partial charge in [-0.1, -0.05) is 19.9 Å². The first kappa shape index (κ1) is 23.5. The standard InChI is InChI=1S/C17H31N3O4S/c1-7-8-11(15(22)20-24)12(9-10(2)3)14(21)19-13(16(23)18-6)17(4,5)25/h7,10-13,24-25H,1,8-9H2,2-6H3,(H,18,23)(H,19,21)(H,20,22)/t11-,12+,13?/m0/s1. The van der Waals surface area contributed by atoms with Gasteiger partial charge in [-0.05, 0) is 32.6 Å². The largest absolute Gasteiger partial charge is 0.357 e. The summed E-state index contributed by atoms with van der Waals surface area (Å²) in [6.07, 6.45) is 2.18. The van der Waals surface area contributed by atoms with Crippen molar-refractivity contribution in [2.45, 2.75) is 51.3 Å². The zero-order chi connectivity index (χ0) is 19.8. The van der Waals surface area contributed by atoms with E-state index in [1.165, 1.54) is 13.1 Å². The van der Waals surface area contributed by atoms with Gasteiger partial charge < -0.3 is 10.6 Å². The van der Waals surface area contributed by atoms with Gasteiger partial charge in [-0.2, -0.15) is 12.6 Å². The number of hydroxylamine groups is 1. The molecule has 0 spiro atoms. The number of hydrogen-bond donors (Lipinski definition) is 5. The predicted molar refractivity (Wildman–Crippen MR) is 100 cm³/mol. The van der Waals surface area contributed by atoms with Crippen molar-refractivity contribution in [1.29, 1.82) is 0 Å². The summed E-state index contributed by atoms with van der Waals surface area (Å²) in [5.74, 6) is -2.81. The molecule has 0 aliphatic heterocycles. The van der Waals surface area contributed by atoms with E-state index < -0.39 is 34.4 Å². The number of thiol groups is 1. The van der Waals surface area contributed by atoms with Gasteiger partial charge in [0.15, 0.2) is 0 Å². The summed E-state index contributed by atoms with van der Waals surface area (Å²) in [5, 5.41) is 14.2. The van der Waals surface area contributed by atoms with Crippen molar-refractivity contribution in [2.75, 3.05) is 7.05 Å². The second kappa shape index (κ2) is 10.5. The molecule has 25 heavy (non-hydrogen) atoms. The summed E-state index contributed by atoms with van der Waals surface area (Å²) in [4.78, 5) is 37.0. The molecular weight excluding hydrogens is 342 g/mol. The van der Waals surface area contributed by atoms with Crippen LogP contribution in [0.5, 0.6) is 0 Å². The first-order valence-corrected chi connectivity index (χ1v) is 8.73. The monoisotopic (exact) mass is 373 g/mol. The zero-order valence-corrected chi connectivity index (χ0v) is 16.5. The Morgan fingerprint density at radius 3 is 2.08 bits per heavy atom. The summed E-state index contributed by atoms with van der Waals surface area (Å²) in [6, 6.07) is -0.871. The second-order valence-electron chi connectivity index (χ2n) is 7.05. The summed E-state index contributed by atoms with van der Waals surface area (Å²) in [6.45, 7) is 10.9. The number of hydrogen-bond acceptors (Lipinski definition) is 5. The van der Waals surface area contributed by atoms with E-state index in [0.717, 1.165) is 0 Å². The van der Waals surface area contributed by atoms with Gasteiger partial charge in [0, 0.05) is 11.8 Å². The van der Waals surface area contributed by atoms with Gasteiger partial charge >= 0.3 is 0 Å². The van der Waals surface area contributed by atoms with Gasteiger partial charge in [0.25, 0.3) is 0 Å². The first-order chi connectivity index (χ1) is 11.5. The van der Waals surface area contributed by atoms with Crippen molar-refractivity contribution >= 4 is 30.4 Å². The minimum absolute atomic E-state index is 0.136. The van der Waals surface area contributed by atoms with Crippen LogP contribution in [-0.4, -0.2) is 40.8 Å². The van der Waals surface area contributed by atoms with E-state index in [4.69, 9.17) is 5.21 Å².